The van der Waals surface area contributed by atoms with Gasteiger partial charge >= 0.3 is 6.03 Å². The topological polar surface area (TPSA) is 61.0 Å². The Morgan fingerprint density at radius 3 is 3.26 bits per heavy atom. The molecule has 3 rings (SSSR count). The molecule has 1 fully saturated rings. The lowest BCUT2D eigenvalue weighted by Gasteiger charge is -2.32. The molecule has 0 aromatic carbocycles. The zero-order valence-electron chi connectivity index (χ0n) is 13.5. The normalized spacial score (nSPS) is 19.5. The molecule has 2 amide bonds. The number of carbonyl (C=O) groups is 1. The SMILES string of the molecule is C[C@@H](CNC(=O)N1CCC[C@@H](c2ncc[nH]2)C1)Cc1cccs1. The van der Waals surface area contributed by atoms with Gasteiger partial charge in [-0.3, -0.25) is 0 Å². The van der Waals surface area contributed by atoms with Gasteiger partial charge in [-0.1, -0.05) is 13.0 Å². The highest BCUT2D eigenvalue weighted by Gasteiger charge is 2.26. The third-order valence-electron chi connectivity index (χ3n) is 4.35. The van der Waals surface area contributed by atoms with Crippen LogP contribution in [0.3, 0.4) is 0 Å². The van der Waals surface area contributed by atoms with Gasteiger partial charge in [0.05, 0.1) is 0 Å². The molecule has 0 unspecified atom stereocenters. The number of carbonyl (C=O) groups excluding carboxylic acids is 1. The van der Waals surface area contributed by atoms with Crippen molar-refractivity contribution in [2.24, 2.45) is 5.92 Å². The van der Waals surface area contributed by atoms with E-state index in [0.29, 0.717) is 11.8 Å². The Bertz CT molecular complexity index is 596. The van der Waals surface area contributed by atoms with E-state index < -0.39 is 0 Å². The summed E-state index contributed by atoms with van der Waals surface area (Å²) < 4.78 is 0. The van der Waals surface area contributed by atoms with Crippen molar-refractivity contribution in [1.29, 1.82) is 0 Å². The maximum atomic E-state index is 12.4. The van der Waals surface area contributed by atoms with Gasteiger partial charge in [0.2, 0.25) is 0 Å². The molecule has 2 aromatic heterocycles. The first-order valence-corrected chi connectivity index (χ1v) is 9.14. The average molecular weight is 332 g/mol. The number of nitrogens with zero attached hydrogens (tertiary/aromatic N) is 2. The smallest absolute Gasteiger partial charge is 0.317 e. The van der Waals surface area contributed by atoms with Gasteiger partial charge in [-0.15, -0.1) is 11.3 Å². The van der Waals surface area contributed by atoms with Gasteiger partial charge in [0, 0.05) is 42.8 Å². The van der Waals surface area contributed by atoms with Crippen LogP contribution in [0.25, 0.3) is 0 Å². The van der Waals surface area contributed by atoms with Gasteiger partial charge in [-0.25, -0.2) is 9.78 Å². The number of amides is 2. The van der Waals surface area contributed by atoms with Crippen molar-refractivity contribution < 1.29 is 4.79 Å². The van der Waals surface area contributed by atoms with Gasteiger partial charge in [0.15, 0.2) is 0 Å². The number of aromatic amines is 1. The summed E-state index contributed by atoms with van der Waals surface area (Å²) in [6.07, 6.45) is 6.77. The van der Waals surface area contributed by atoms with Gasteiger partial charge < -0.3 is 15.2 Å². The van der Waals surface area contributed by atoms with Crippen LogP contribution in [0.15, 0.2) is 29.9 Å². The van der Waals surface area contributed by atoms with E-state index in [9.17, 15) is 4.79 Å². The highest BCUT2D eigenvalue weighted by molar-refractivity contribution is 7.09. The Labute approximate surface area is 141 Å². The highest BCUT2D eigenvalue weighted by atomic mass is 32.1. The van der Waals surface area contributed by atoms with Crippen molar-refractivity contribution in [2.75, 3.05) is 19.6 Å². The van der Waals surface area contributed by atoms with Crippen molar-refractivity contribution in [3.63, 3.8) is 0 Å². The number of likely N-dealkylation sites (tertiary alicyclic amines) is 1. The molecule has 1 saturated heterocycles. The third-order valence-corrected chi connectivity index (χ3v) is 5.24. The zero-order chi connectivity index (χ0) is 16.1. The van der Waals surface area contributed by atoms with Gasteiger partial charge in [-0.05, 0) is 36.6 Å². The molecule has 6 heteroatoms. The highest BCUT2D eigenvalue weighted by Crippen LogP contribution is 2.24. The molecule has 0 radical (unpaired) electrons. The fourth-order valence-electron chi connectivity index (χ4n) is 3.10. The number of hydrogen-bond acceptors (Lipinski definition) is 3. The molecule has 5 nitrogen and oxygen atoms in total. The fraction of sp³-hybridized carbons (Fsp3) is 0.529. The van der Waals surface area contributed by atoms with E-state index in [2.05, 4.69) is 39.7 Å². The monoisotopic (exact) mass is 332 g/mol. The summed E-state index contributed by atoms with van der Waals surface area (Å²) in [5, 5.41) is 5.19. The molecule has 3 heterocycles. The summed E-state index contributed by atoms with van der Waals surface area (Å²) in [6, 6.07) is 4.29. The summed E-state index contributed by atoms with van der Waals surface area (Å²) in [5.41, 5.74) is 0. The van der Waals surface area contributed by atoms with Crippen LogP contribution in [-0.4, -0.2) is 40.5 Å². The Balaban J connectivity index is 1.46. The lowest BCUT2D eigenvalue weighted by atomic mass is 9.97. The minimum absolute atomic E-state index is 0.0549. The average Bonchev–Trinajstić information content (AvgIpc) is 3.26. The number of nitrogens with one attached hydrogen (secondary N) is 2. The molecule has 2 aromatic rings. The first-order valence-electron chi connectivity index (χ1n) is 8.27. The molecule has 0 spiro atoms. The second-order valence-electron chi connectivity index (χ2n) is 6.33. The largest absolute Gasteiger partial charge is 0.348 e. The van der Waals surface area contributed by atoms with E-state index in [1.165, 1.54) is 4.88 Å². The van der Waals surface area contributed by atoms with E-state index in [1.54, 1.807) is 17.5 Å². The number of piperidine rings is 1. The second kappa shape index (κ2) is 7.64. The quantitative estimate of drug-likeness (QED) is 0.883. The van der Waals surface area contributed by atoms with E-state index >= 15 is 0 Å². The number of H-pyrrole nitrogens is 1. The molecule has 1 aliphatic heterocycles. The number of rotatable bonds is 5. The van der Waals surface area contributed by atoms with Crippen molar-refractivity contribution >= 4 is 17.4 Å². The summed E-state index contributed by atoms with van der Waals surface area (Å²) >= 11 is 1.78. The minimum Gasteiger partial charge on any atom is -0.348 e. The van der Waals surface area contributed by atoms with Crippen LogP contribution in [-0.2, 0) is 6.42 Å². The Hall–Kier alpha value is -1.82. The molecular formula is C17H24N4OS. The second-order valence-corrected chi connectivity index (χ2v) is 7.37. The standard InChI is InChI=1S/C17H24N4OS/c1-13(10-15-5-3-9-23-15)11-20-17(22)21-8-2-4-14(12-21)16-18-6-7-19-16/h3,5-7,9,13-14H,2,4,8,10-12H2,1H3,(H,18,19)(H,20,22)/t13-,14-/m1/s1. The van der Waals surface area contributed by atoms with Crippen LogP contribution < -0.4 is 5.32 Å². The zero-order valence-corrected chi connectivity index (χ0v) is 14.3. The molecule has 2 N–H and O–H groups in total. The van der Waals surface area contributed by atoms with E-state index in [1.807, 2.05) is 11.1 Å². The van der Waals surface area contributed by atoms with E-state index in [0.717, 1.165) is 44.7 Å². The Morgan fingerprint density at radius 1 is 1.61 bits per heavy atom. The molecule has 2 atom stereocenters. The third kappa shape index (κ3) is 4.34. The lowest BCUT2D eigenvalue weighted by Crippen LogP contribution is -2.46. The van der Waals surface area contributed by atoms with Crippen molar-refractivity contribution in [3.8, 4) is 0 Å². The van der Waals surface area contributed by atoms with Crippen LogP contribution in [0.4, 0.5) is 4.79 Å². The van der Waals surface area contributed by atoms with Crippen LogP contribution in [0.2, 0.25) is 0 Å². The summed E-state index contributed by atoms with van der Waals surface area (Å²) in [7, 11) is 0. The van der Waals surface area contributed by atoms with Crippen molar-refractivity contribution in [2.45, 2.75) is 32.1 Å². The van der Waals surface area contributed by atoms with Crippen LogP contribution >= 0.6 is 11.3 Å². The molecule has 0 bridgehead atoms. The molecule has 23 heavy (non-hydrogen) atoms. The van der Waals surface area contributed by atoms with Crippen molar-refractivity contribution in [3.05, 3.63) is 40.6 Å². The number of urea groups is 1. The fourth-order valence-corrected chi connectivity index (χ4v) is 3.97. The Kier molecular flexibility index (Phi) is 5.33. The van der Waals surface area contributed by atoms with Gasteiger partial charge in [0.25, 0.3) is 0 Å². The first-order chi connectivity index (χ1) is 11.2. The summed E-state index contributed by atoms with van der Waals surface area (Å²) in [5.74, 6) is 1.77. The number of thiophene rings is 1. The maximum Gasteiger partial charge on any atom is 0.317 e. The lowest BCUT2D eigenvalue weighted by molar-refractivity contribution is 0.177. The van der Waals surface area contributed by atoms with Crippen LogP contribution in [0.5, 0.6) is 0 Å². The number of hydrogen-bond donors (Lipinski definition) is 2. The number of imidazole rings is 1. The van der Waals surface area contributed by atoms with Crippen molar-refractivity contribution in [1.82, 2.24) is 20.2 Å². The van der Waals surface area contributed by atoms with Gasteiger partial charge in [-0.2, -0.15) is 0 Å². The van der Waals surface area contributed by atoms with Crippen LogP contribution in [0, 0.1) is 5.92 Å². The molecule has 0 aliphatic carbocycles. The minimum atomic E-state index is 0.0549. The maximum absolute atomic E-state index is 12.4. The van der Waals surface area contributed by atoms with Crippen LogP contribution in [0.1, 0.15) is 36.4 Å². The molecular weight excluding hydrogens is 308 g/mol. The Morgan fingerprint density at radius 2 is 2.52 bits per heavy atom. The molecule has 0 saturated carbocycles. The summed E-state index contributed by atoms with van der Waals surface area (Å²) in [6.45, 7) is 4.49. The molecule has 124 valence electrons. The predicted octanol–water partition coefficient (Wildman–Crippen LogP) is 3.24. The summed E-state index contributed by atoms with van der Waals surface area (Å²) in [4.78, 5) is 23.2. The molecule has 1 aliphatic rings. The number of aromatic nitrogens is 2. The first kappa shape index (κ1) is 16.1. The van der Waals surface area contributed by atoms with Gasteiger partial charge in [0.1, 0.15) is 5.82 Å². The van der Waals surface area contributed by atoms with E-state index in [-0.39, 0.29) is 6.03 Å². The predicted molar refractivity (Wildman–Crippen MR) is 92.7 cm³/mol. The van der Waals surface area contributed by atoms with E-state index in [4.69, 9.17) is 0 Å².